The number of carbonyl (C=O) groups is 1. The topological polar surface area (TPSA) is 63.7 Å². The number of carbonyl (C=O) groups excluding carboxylic acids is 1. The molecule has 3 aromatic rings. The lowest BCUT2D eigenvalue weighted by atomic mass is 10.2. The van der Waals surface area contributed by atoms with Gasteiger partial charge in [0, 0.05) is 18.5 Å². The maximum absolute atomic E-state index is 12.5. The SMILES string of the molecule is O=C(NN1CCOCC1)c1csc(-c2ccccc2OCc2ccc(Cl)c(Cl)c2)n1. The minimum absolute atomic E-state index is 0.228. The average molecular weight is 464 g/mol. The van der Waals surface area contributed by atoms with Crippen LogP contribution in [0.15, 0.2) is 47.8 Å². The fourth-order valence-corrected chi connectivity index (χ4v) is 4.09. The third kappa shape index (κ3) is 5.11. The Balaban J connectivity index is 1.46. The van der Waals surface area contributed by atoms with Crippen LogP contribution in [0, 0.1) is 0 Å². The molecule has 0 spiro atoms. The van der Waals surface area contributed by atoms with Crippen LogP contribution in [0.4, 0.5) is 0 Å². The summed E-state index contributed by atoms with van der Waals surface area (Å²) in [6, 6.07) is 13.0. The molecular formula is C21H19Cl2N3O3S. The van der Waals surface area contributed by atoms with Gasteiger partial charge < -0.3 is 9.47 Å². The zero-order chi connectivity index (χ0) is 20.9. The second-order valence-corrected chi connectivity index (χ2v) is 8.28. The summed E-state index contributed by atoms with van der Waals surface area (Å²) < 4.78 is 11.3. The van der Waals surface area contributed by atoms with Gasteiger partial charge in [-0.05, 0) is 29.8 Å². The van der Waals surface area contributed by atoms with Crippen molar-refractivity contribution >= 4 is 40.4 Å². The monoisotopic (exact) mass is 463 g/mol. The summed E-state index contributed by atoms with van der Waals surface area (Å²) in [7, 11) is 0. The number of hydrazine groups is 1. The number of nitrogens with zero attached hydrogens (tertiary/aromatic N) is 2. The molecule has 0 atom stereocenters. The summed E-state index contributed by atoms with van der Waals surface area (Å²) >= 11 is 13.5. The van der Waals surface area contributed by atoms with Gasteiger partial charge >= 0.3 is 0 Å². The number of thiazole rings is 1. The Hall–Kier alpha value is -2.16. The van der Waals surface area contributed by atoms with Gasteiger partial charge in [0.05, 0.1) is 28.8 Å². The standard InChI is InChI=1S/C21H19Cl2N3O3S/c22-16-6-5-14(11-17(16)23)12-29-19-4-2-1-3-15(19)21-24-18(13-30-21)20(27)25-26-7-9-28-10-8-26/h1-6,11,13H,7-10,12H2,(H,25,27). The van der Waals surface area contributed by atoms with E-state index in [1.165, 1.54) is 11.3 Å². The molecule has 4 rings (SSSR count). The third-order valence-corrected chi connectivity index (χ3v) is 6.12. The van der Waals surface area contributed by atoms with Gasteiger partial charge in [-0.15, -0.1) is 11.3 Å². The maximum atomic E-state index is 12.5. The quantitative estimate of drug-likeness (QED) is 0.575. The summed E-state index contributed by atoms with van der Waals surface area (Å²) in [5.41, 5.74) is 4.98. The lowest BCUT2D eigenvalue weighted by molar-refractivity contribution is 0.0125. The zero-order valence-corrected chi connectivity index (χ0v) is 18.3. The molecule has 0 radical (unpaired) electrons. The smallest absolute Gasteiger partial charge is 0.285 e. The maximum Gasteiger partial charge on any atom is 0.285 e. The highest BCUT2D eigenvalue weighted by atomic mass is 35.5. The van der Waals surface area contributed by atoms with Gasteiger partial charge in [-0.2, -0.15) is 0 Å². The predicted molar refractivity (Wildman–Crippen MR) is 118 cm³/mol. The largest absolute Gasteiger partial charge is 0.488 e. The fraction of sp³-hybridized carbons (Fsp3) is 0.238. The van der Waals surface area contributed by atoms with Crippen LogP contribution in [-0.2, 0) is 11.3 Å². The van der Waals surface area contributed by atoms with Crippen molar-refractivity contribution in [3.05, 3.63) is 69.1 Å². The first-order valence-corrected chi connectivity index (χ1v) is 11.0. The predicted octanol–water partition coefficient (Wildman–Crippen LogP) is 4.67. The molecule has 0 unspecified atom stereocenters. The van der Waals surface area contributed by atoms with Crippen LogP contribution >= 0.6 is 34.5 Å². The Kier molecular flexibility index (Phi) is 6.86. The van der Waals surface area contributed by atoms with Crippen molar-refractivity contribution < 1.29 is 14.3 Å². The van der Waals surface area contributed by atoms with Crippen molar-refractivity contribution in [2.75, 3.05) is 26.3 Å². The molecule has 1 amide bonds. The average Bonchev–Trinajstić information content (AvgIpc) is 3.26. The van der Waals surface area contributed by atoms with Gasteiger partial charge in [0.2, 0.25) is 0 Å². The molecule has 1 aliphatic rings. The molecule has 0 aliphatic carbocycles. The number of halogens is 2. The van der Waals surface area contributed by atoms with Crippen molar-refractivity contribution in [1.29, 1.82) is 0 Å². The Labute approximate surface area is 188 Å². The first-order valence-electron chi connectivity index (χ1n) is 9.35. The molecule has 1 aromatic heterocycles. The van der Waals surface area contributed by atoms with Crippen LogP contribution in [0.25, 0.3) is 10.6 Å². The van der Waals surface area contributed by atoms with Crippen molar-refractivity contribution in [1.82, 2.24) is 15.4 Å². The molecule has 30 heavy (non-hydrogen) atoms. The Morgan fingerprint density at radius 2 is 1.97 bits per heavy atom. The molecule has 2 aromatic carbocycles. The fourth-order valence-electron chi connectivity index (χ4n) is 2.94. The molecule has 9 heteroatoms. The number of hydrogen-bond acceptors (Lipinski definition) is 6. The van der Waals surface area contributed by atoms with E-state index in [9.17, 15) is 4.79 Å². The number of para-hydroxylation sites is 1. The molecule has 1 N–H and O–H groups in total. The van der Waals surface area contributed by atoms with E-state index in [1.54, 1.807) is 17.5 Å². The van der Waals surface area contributed by atoms with Gasteiger partial charge in [0.15, 0.2) is 0 Å². The lowest BCUT2D eigenvalue weighted by Gasteiger charge is -2.26. The summed E-state index contributed by atoms with van der Waals surface area (Å²) in [6.45, 7) is 2.87. The lowest BCUT2D eigenvalue weighted by Crippen LogP contribution is -2.48. The van der Waals surface area contributed by atoms with E-state index < -0.39 is 0 Å². The number of aromatic nitrogens is 1. The van der Waals surface area contributed by atoms with E-state index in [1.807, 2.05) is 35.3 Å². The van der Waals surface area contributed by atoms with Gasteiger partial charge in [0.1, 0.15) is 23.1 Å². The summed E-state index contributed by atoms with van der Waals surface area (Å²) in [5.74, 6) is 0.451. The number of ether oxygens (including phenoxy) is 2. The van der Waals surface area contributed by atoms with Crippen LogP contribution in [0.1, 0.15) is 16.1 Å². The van der Waals surface area contributed by atoms with Crippen LogP contribution in [-0.4, -0.2) is 42.2 Å². The van der Waals surface area contributed by atoms with Crippen LogP contribution in [0.5, 0.6) is 5.75 Å². The molecule has 156 valence electrons. The van der Waals surface area contributed by atoms with E-state index >= 15 is 0 Å². The van der Waals surface area contributed by atoms with Crippen LogP contribution in [0.2, 0.25) is 10.0 Å². The second-order valence-electron chi connectivity index (χ2n) is 6.61. The van der Waals surface area contributed by atoms with Gasteiger partial charge in [-0.1, -0.05) is 41.4 Å². The minimum atomic E-state index is -0.228. The first kappa shape index (κ1) is 21.1. The van der Waals surface area contributed by atoms with Crippen LogP contribution in [0.3, 0.4) is 0 Å². The van der Waals surface area contributed by atoms with Crippen molar-refractivity contribution in [2.24, 2.45) is 0 Å². The Morgan fingerprint density at radius 3 is 2.77 bits per heavy atom. The molecule has 2 heterocycles. The number of nitrogens with one attached hydrogen (secondary N) is 1. The summed E-state index contributed by atoms with van der Waals surface area (Å²) in [5, 5.41) is 5.31. The number of hydrogen-bond donors (Lipinski definition) is 1. The first-order chi connectivity index (χ1) is 14.6. The molecule has 6 nitrogen and oxygen atoms in total. The number of amides is 1. The van der Waals surface area contributed by atoms with E-state index in [2.05, 4.69) is 10.4 Å². The van der Waals surface area contributed by atoms with Gasteiger partial charge in [-0.3, -0.25) is 10.2 Å². The highest BCUT2D eigenvalue weighted by molar-refractivity contribution is 7.13. The minimum Gasteiger partial charge on any atom is -0.488 e. The van der Waals surface area contributed by atoms with Crippen molar-refractivity contribution in [3.8, 4) is 16.3 Å². The van der Waals surface area contributed by atoms with E-state index in [-0.39, 0.29) is 5.91 Å². The number of morpholine rings is 1. The van der Waals surface area contributed by atoms with Crippen molar-refractivity contribution in [2.45, 2.75) is 6.61 Å². The van der Waals surface area contributed by atoms with Gasteiger partial charge in [-0.25, -0.2) is 9.99 Å². The van der Waals surface area contributed by atoms with Crippen LogP contribution < -0.4 is 10.2 Å². The van der Waals surface area contributed by atoms with Gasteiger partial charge in [0.25, 0.3) is 5.91 Å². The number of rotatable bonds is 6. The summed E-state index contributed by atoms with van der Waals surface area (Å²) in [6.07, 6.45) is 0. The van der Waals surface area contributed by atoms with E-state index in [0.29, 0.717) is 59.4 Å². The molecule has 0 bridgehead atoms. The van der Waals surface area contributed by atoms with Crippen molar-refractivity contribution in [3.63, 3.8) is 0 Å². The third-order valence-electron chi connectivity index (χ3n) is 4.50. The molecule has 1 saturated heterocycles. The highest BCUT2D eigenvalue weighted by Gasteiger charge is 2.18. The molecule has 1 aliphatic heterocycles. The molecule has 0 saturated carbocycles. The number of benzene rings is 2. The summed E-state index contributed by atoms with van der Waals surface area (Å²) in [4.78, 5) is 17.0. The molecule has 1 fully saturated rings. The Morgan fingerprint density at radius 1 is 1.17 bits per heavy atom. The second kappa shape index (κ2) is 9.76. The Bertz CT molecular complexity index is 1040. The van der Waals surface area contributed by atoms with E-state index in [4.69, 9.17) is 32.7 Å². The van der Waals surface area contributed by atoms with E-state index in [0.717, 1.165) is 11.1 Å². The normalized spacial score (nSPS) is 14.5. The highest BCUT2D eigenvalue weighted by Crippen LogP contribution is 2.33. The molecular weight excluding hydrogens is 445 g/mol. The zero-order valence-electron chi connectivity index (χ0n) is 15.9.